The Morgan fingerprint density at radius 3 is 3.00 bits per heavy atom. The van der Waals surface area contributed by atoms with Gasteiger partial charge in [-0.15, -0.1) is 0 Å². The van der Waals surface area contributed by atoms with Crippen LogP contribution in [0.5, 0.6) is 0 Å². The second-order valence-corrected chi connectivity index (χ2v) is 4.20. The summed E-state index contributed by atoms with van der Waals surface area (Å²) in [5.74, 6) is 0. The summed E-state index contributed by atoms with van der Waals surface area (Å²) in [5.41, 5.74) is 1.52. The third kappa shape index (κ3) is 4.77. The Morgan fingerprint density at radius 1 is 1.50 bits per heavy atom. The average molecular weight is 196 g/mol. The van der Waals surface area contributed by atoms with Gasteiger partial charge in [-0.1, -0.05) is 11.6 Å². The van der Waals surface area contributed by atoms with Crippen molar-refractivity contribution in [3.63, 3.8) is 0 Å². The quantitative estimate of drug-likeness (QED) is 0.503. The average Bonchev–Trinajstić information content (AvgIpc) is 2.69. The predicted molar refractivity (Wildman–Crippen MR) is 62.3 cm³/mol. The van der Waals surface area contributed by atoms with E-state index in [1.165, 1.54) is 44.2 Å². The van der Waals surface area contributed by atoms with Crippen LogP contribution in [0, 0.1) is 0 Å². The Hall–Kier alpha value is -0.340. The van der Waals surface area contributed by atoms with Crippen LogP contribution in [-0.4, -0.2) is 19.3 Å². The lowest BCUT2D eigenvalue weighted by Crippen LogP contribution is -2.37. The molecule has 0 bridgehead atoms. The van der Waals surface area contributed by atoms with Crippen molar-refractivity contribution in [2.24, 2.45) is 0 Å². The standard InChI is InChI=1S/C12H24N2/c1-3-11(2)7-4-5-9-13-12-8-6-10-14-12/h3,12-14H,4-10H2,1-2H3/b11-3-. The number of nitrogens with one attached hydrogen (secondary N) is 2. The van der Waals surface area contributed by atoms with Gasteiger partial charge in [0, 0.05) is 0 Å². The van der Waals surface area contributed by atoms with Gasteiger partial charge < -0.3 is 10.6 Å². The van der Waals surface area contributed by atoms with Crippen molar-refractivity contribution in [3.05, 3.63) is 11.6 Å². The highest BCUT2D eigenvalue weighted by atomic mass is 15.1. The third-order valence-electron chi connectivity index (χ3n) is 2.94. The molecule has 0 aromatic carbocycles. The molecule has 1 aliphatic heterocycles. The maximum Gasteiger partial charge on any atom is 0.0572 e. The minimum Gasteiger partial charge on any atom is -0.302 e. The molecule has 1 fully saturated rings. The SMILES string of the molecule is C/C=C(/C)CCCCNC1CCCN1. The highest BCUT2D eigenvalue weighted by Gasteiger charge is 2.11. The van der Waals surface area contributed by atoms with Crippen LogP contribution in [-0.2, 0) is 0 Å². The smallest absolute Gasteiger partial charge is 0.0572 e. The molecule has 1 aliphatic rings. The van der Waals surface area contributed by atoms with E-state index in [0.29, 0.717) is 6.17 Å². The predicted octanol–water partition coefficient (Wildman–Crippen LogP) is 2.42. The number of hydrogen-bond donors (Lipinski definition) is 2. The van der Waals surface area contributed by atoms with Gasteiger partial charge in [-0.2, -0.15) is 0 Å². The molecule has 14 heavy (non-hydrogen) atoms. The molecule has 0 aromatic heterocycles. The summed E-state index contributed by atoms with van der Waals surface area (Å²) in [6.45, 7) is 6.69. The van der Waals surface area contributed by atoms with Gasteiger partial charge in [0.25, 0.3) is 0 Å². The lowest BCUT2D eigenvalue weighted by atomic mass is 10.1. The minimum absolute atomic E-state index is 0.595. The van der Waals surface area contributed by atoms with Crippen molar-refractivity contribution < 1.29 is 0 Å². The number of unbranched alkanes of at least 4 members (excludes halogenated alkanes) is 1. The van der Waals surface area contributed by atoms with Crippen LogP contribution in [0.3, 0.4) is 0 Å². The summed E-state index contributed by atoms with van der Waals surface area (Å²) in [4.78, 5) is 0. The number of rotatable bonds is 6. The van der Waals surface area contributed by atoms with E-state index in [1.54, 1.807) is 0 Å². The molecule has 0 spiro atoms. The molecule has 1 unspecified atom stereocenters. The van der Waals surface area contributed by atoms with Gasteiger partial charge >= 0.3 is 0 Å². The first kappa shape index (κ1) is 11.7. The molecule has 82 valence electrons. The monoisotopic (exact) mass is 196 g/mol. The normalized spacial score (nSPS) is 23.0. The molecule has 0 saturated carbocycles. The van der Waals surface area contributed by atoms with Crippen molar-refractivity contribution >= 4 is 0 Å². The summed E-state index contributed by atoms with van der Waals surface area (Å²) >= 11 is 0. The van der Waals surface area contributed by atoms with E-state index in [1.807, 2.05) is 0 Å². The Balaban J connectivity index is 1.89. The van der Waals surface area contributed by atoms with Gasteiger partial charge in [-0.25, -0.2) is 0 Å². The van der Waals surface area contributed by atoms with Crippen LogP contribution in [0.4, 0.5) is 0 Å². The van der Waals surface area contributed by atoms with Crippen molar-refractivity contribution in [2.45, 2.75) is 52.1 Å². The molecule has 0 radical (unpaired) electrons. The molecule has 1 saturated heterocycles. The first-order valence-electron chi connectivity index (χ1n) is 5.91. The Morgan fingerprint density at radius 2 is 2.36 bits per heavy atom. The first-order chi connectivity index (χ1) is 6.83. The Kier molecular flexibility index (Phi) is 5.88. The second kappa shape index (κ2) is 7.02. The topological polar surface area (TPSA) is 24.1 Å². The fourth-order valence-corrected chi connectivity index (χ4v) is 1.81. The van der Waals surface area contributed by atoms with E-state index in [9.17, 15) is 0 Å². The molecule has 0 aliphatic carbocycles. The first-order valence-corrected chi connectivity index (χ1v) is 5.91. The van der Waals surface area contributed by atoms with E-state index in [0.717, 1.165) is 6.54 Å². The number of allylic oxidation sites excluding steroid dienone is 2. The molecule has 1 heterocycles. The van der Waals surface area contributed by atoms with Crippen molar-refractivity contribution in [1.29, 1.82) is 0 Å². The zero-order chi connectivity index (χ0) is 10.2. The molecular weight excluding hydrogens is 172 g/mol. The van der Waals surface area contributed by atoms with Crippen LogP contribution < -0.4 is 10.6 Å². The van der Waals surface area contributed by atoms with Gasteiger partial charge in [0.05, 0.1) is 6.17 Å². The maximum absolute atomic E-state index is 3.54. The molecule has 1 rings (SSSR count). The highest BCUT2D eigenvalue weighted by Crippen LogP contribution is 2.06. The van der Waals surface area contributed by atoms with E-state index < -0.39 is 0 Å². The van der Waals surface area contributed by atoms with Crippen LogP contribution >= 0.6 is 0 Å². The van der Waals surface area contributed by atoms with Crippen molar-refractivity contribution in [1.82, 2.24) is 10.6 Å². The number of hydrogen-bond acceptors (Lipinski definition) is 2. The Bertz CT molecular complexity index is 169. The summed E-state index contributed by atoms with van der Waals surface area (Å²) in [6.07, 6.45) is 9.31. The molecule has 1 atom stereocenters. The fourth-order valence-electron chi connectivity index (χ4n) is 1.81. The van der Waals surface area contributed by atoms with Crippen LogP contribution in [0.2, 0.25) is 0 Å². The molecule has 2 N–H and O–H groups in total. The largest absolute Gasteiger partial charge is 0.302 e. The van der Waals surface area contributed by atoms with Crippen LogP contribution in [0.1, 0.15) is 46.0 Å². The lowest BCUT2D eigenvalue weighted by Gasteiger charge is -2.12. The zero-order valence-electron chi connectivity index (χ0n) is 9.60. The maximum atomic E-state index is 3.54. The van der Waals surface area contributed by atoms with Gasteiger partial charge in [-0.05, 0) is 59.0 Å². The molecule has 2 heteroatoms. The van der Waals surface area contributed by atoms with E-state index >= 15 is 0 Å². The molecule has 0 amide bonds. The minimum atomic E-state index is 0.595. The molecular formula is C12H24N2. The van der Waals surface area contributed by atoms with Crippen molar-refractivity contribution in [2.75, 3.05) is 13.1 Å². The summed E-state index contributed by atoms with van der Waals surface area (Å²) < 4.78 is 0. The third-order valence-corrected chi connectivity index (χ3v) is 2.94. The molecule has 0 aromatic rings. The second-order valence-electron chi connectivity index (χ2n) is 4.20. The Labute approximate surface area is 88.2 Å². The summed E-state index contributed by atoms with van der Waals surface area (Å²) in [5, 5.41) is 6.99. The summed E-state index contributed by atoms with van der Waals surface area (Å²) in [7, 11) is 0. The van der Waals surface area contributed by atoms with Crippen LogP contribution in [0.25, 0.3) is 0 Å². The van der Waals surface area contributed by atoms with Gasteiger partial charge in [0.1, 0.15) is 0 Å². The van der Waals surface area contributed by atoms with Crippen LogP contribution in [0.15, 0.2) is 11.6 Å². The van der Waals surface area contributed by atoms with Crippen molar-refractivity contribution in [3.8, 4) is 0 Å². The fraction of sp³-hybridized carbons (Fsp3) is 0.833. The van der Waals surface area contributed by atoms with Gasteiger partial charge in [0.15, 0.2) is 0 Å². The lowest BCUT2D eigenvalue weighted by molar-refractivity contribution is 0.472. The van der Waals surface area contributed by atoms with E-state index in [4.69, 9.17) is 0 Å². The van der Waals surface area contributed by atoms with E-state index in [-0.39, 0.29) is 0 Å². The zero-order valence-corrected chi connectivity index (χ0v) is 9.60. The summed E-state index contributed by atoms with van der Waals surface area (Å²) in [6, 6.07) is 0. The van der Waals surface area contributed by atoms with E-state index in [2.05, 4.69) is 30.6 Å². The van der Waals surface area contributed by atoms with Gasteiger partial charge in [-0.3, -0.25) is 0 Å². The highest BCUT2D eigenvalue weighted by molar-refractivity contribution is 4.94. The molecule has 2 nitrogen and oxygen atoms in total. The van der Waals surface area contributed by atoms with Gasteiger partial charge in [0.2, 0.25) is 0 Å².